The maximum absolute atomic E-state index is 6.02. The SMILES string of the molecule is NC1(COCC2CC2)CCOC1. The lowest BCUT2D eigenvalue weighted by Crippen LogP contribution is -2.45. The van der Waals surface area contributed by atoms with E-state index in [0.717, 1.165) is 25.6 Å². The fourth-order valence-corrected chi connectivity index (χ4v) is 1.45. The van der Waals surface area contributed by atoms with E-state index < -0.39 is 0 Å². The summed E-state index contributed by atoms with van der Waals surface area (Å²) in [6.45, 7) is 3.03. The highest BCUT2D eigenvalue weighted by Gasteiger charge is 2.31. The molecule has 3 nitrogen and oxygen atoms in total. The molecular formula is C9H17NO2. The van der Waals surface area contributed by atoms with Crippen molar-refractivity contribution < 1.29 is 9.47 Å². The van der Waals surface area contributed by atoms with Gasteiger partial charge in [0, 0.05) is 13.2 Å². The molecule has 0 aromatic heterocycles. The van der Waals surface area contributed by atoms with E-state index in [0.29, 0.717) is 13.2 Å². The van der Waals surface area contributed by atoms with Gasteiger partial charge in [-0.2, -0.15) is 0 Å². The van der Waals surface area contributed by atoms with Crippen LogP contribution in [0.2, 0.25) is 0 Å². The second-order valence-corrected chi connectivity index (χ2v) is 4.12. The van der Waals surface area contributed by atoms with Crippen LogP contribution in [0.5, 0.6) is 0 Å². The number of rotatable bonds is 4. The minimum Gasteiger partial charge on any atom is -0.379 e. The molecule has 0 aromatic rings. The molecule has 1 heterocycles. The van der Waals surface area contributed by atoms with Crippen LogP contribution in [-0.4, -0.2) is 32.0 Å². The van der Waals surface area contributed by atoms with Gasteiger partial charge in [0.1, 0.15) is 0 Å². The van der Waals surface area contributed by atoms with Gasteiger partial charge in [0.05, 0.1) is 18.8 Å². The lowest BCUT2D eigenvalue weighted by molar-refractivity contribution is 0.0687. The zero-order valence-electron chi connectivity index (χ0n) is 7.42. The van der Waals surface area contributed by atoms with Crippen molar-refractivity contribution in [2.45, 2.75) is 24.8 Å². The van der Waals surface area contributed by atoms with E-state index in [1.807, 2.05) is 0 Å². The summed E-state index contributed by atoms with van der Waals surface area (Å²) in [6, 6.07) is 0. The second kappa shape index (κ2) is 3.32. The molecule has 0 aromatic carbocycles. The highest BCUT2D eigenvalue weighted by Crippen LogP contribution is 2.29. The average molecular weight is 171 g/mol. The predicted molar refractivity (Wildman–Crippen MR) is 45.9 cm³/mol. The van der Waals surface area contributed by atoms with Gasteiger partial charge in [0.25, 0.3) is 0 Å². The van der Waals surface area contributed by atoms with Crippen LogP contribution in [0.25, 0.3) is 0 Å². The van der Waals surface area contributed by atoms with Gasteiger partial charge < -0.3 is 15.2 Å². The first-order chi connectivity index (χ1) is 5.79. The Balaban J connectivity index is 1.63. The Morgan fingerprint density at radius 1 is 1.50 bits per heavy atom. The maximum atomic E-state index is 6.02. The zero-order chi connectivity index (χ0) is 8.44. The van der Waals surface area contributed by atoms with E-state index in [-0.39, 0.29) is 5.54 Å². The van der Waals surface area contributed by atoms with Crippen LogP contribution in [0, 0.1) is 5.92 Å². The van der Waals surface area contributed by atoms with Gasteiger partial charge in [-0.3, -0.25) is 0 Å². The van der Waals surface area contributed by atoms with Crippen molar-refractivity contribution in [3.63, 3.8) is 0 Å². The lowest BCUT2D eigenvalue weighted by Gasteiger charge is -2.21. The summed E-state index contributed by atoms with van der Waals surface area (Å²) < 4.78 is 10.8. The molecule has 1 aliphatic heterocycles. The molecule has 12 heavy (non-hydrogen) atoms. The number of hydrogen-bond donors (Lipinski definition) is 1. The van der Waals surface area contributed by atoms with Gasteiger partial charge in [-0.1, -0.05) is 0 Å². The van der Waals surface area contributed by atoms with E-state index in [1.165, 1.54) is 12.8 Å². The van der Waals surface area contributed by atoms with Crippen molar-refractivity contribution in [2.24, 2.45) is 11.7 Å². The molecule has 0 bridgehead atoms. The van der Waals surface area contributed by atoms with Crippen molar-refractivity contribution in [3.05, 3.63) is 0 Å². The number of hydrogen-bond acceptors (Lipinski definition) is 3. The Morgan fingerprint density at radius 2 is 2.33 bits per heavy atom. The standard InChI is InChI=1S/C9H17NO2/c10-9(3-4-11-6-9)7-12-5-8-1-2-8/h8H,1-7,10H2. The van der Waals surface area contributed by atoms with E-state index in [9.17, 15) is 0 Å². The minimum absolute atomic E-state index is 0.186. The summed E-state index contributed by atoms with van der Waals surface area (Å²) in [7, 11) is 0. The number of ether oxygens (including phenoxy) is 2. The van der Waals surface area contributed by atoms with Crippen LogP contribution in [-0.2, 0) is 9.47 Å². The third kappa shape index (κ3) is 2.19. The molecule has 0 spiro atoms. The Morgan fingerprint density at radius 3 is 2.92 bits per heavy atom. The largest absolute Gasteiger partial charge is 0.379 e. The molecule has 3 heteroatoms. The molecule has 1 saturated heterocycles. The lowest BCUT2D eigenvalue weighted by atomic mass is 10.0. The molecule has 2 aliphatic rings. The molecule has 1 atom stereocenters. The van der Waals surface area contributed by atoms with Crippen LogP contribution in [0.3, 0.4) is 0 Å². The van der Waals surface area contributed by atoms with E-state index in [1.54, 1.807) is 0 Å². The van der Waals surface area contributed by atoms with Crippen LogP contribution >= 0.6 is 0 Å². The van der Waals surface area contributed by atoms with Crippen molar-refractivity contribution in [2.75, 3.05) is 26.4 Å². The zero-order valence-corrected chi connectivity index (χ0v) is 7.42. The highest BCUT2D eigenvalue weighted by molar-refractivity contribution is 4.88. The Kier molecular flexibility index (Phi) is 2.35. The van der Waals surface area contributed by atoms with Crippen LogP contribution in [0.4, 0.5) is 0 Å². The molecule has 2 N–H and O–H groups in total. The first kappa shape index (κ1) is 8.48. The minimum atomic E-state index is -0.186. The van der Waals surface area contributed by atoms with Gasteiger partial charge in [0.2, 0.25) is 0 Å². The first-order valence-electron chi connectivity index (χ1n) is 4.73. The molecule has 0 amide bonds. The third-order valence-electron chi connectivity index (χ3n) is 2.57. The quantitative estimate of drug-likeness (QED) is 0.671. The summed E-state index contributed by atoms with van der Waals surface area (Å²) in [4.78, 5) is 0. The van der Waals surface area contributed by atoms with Crippen LogP contribution < -0.4 is 5.73 Å². The summed E-state index contributed by atoms with van der Waals surface area (Å²) in [5.74, 6) is 0.830. The smallest absolute Gasteiger partial charge is 0.0669 e. The summed E-state index contributed by atoms with van der Waals surface area (Å²) >= 11 is 0. The van der Waals surface area contributed by atoms with E-state index >= 15 is 0 Å². The Bertz CT molecular complexity index is 151. The molecule has 1 aliphatic carbocycles. The monoisotopic (exact) mass is 171 g/mol. The van der Waals surface area contributed by atoms with Crippen LogP contribution in [0.1, 0.15) is 19.3 Å². The maximum Gasteiger partial charge on any atom is 0.0669 e. The summed E-state index contributed by atoms with van der Waals surface area (Å²) in [5, 5.41) is 0. The van der Waals surface area contributed by atoms with Crippen LogP contribution in [0.15, 0.2) is 0 Å². The third-order valence-corrected chi connectivity index (χ3v) is 2.57. The summed E-state index contributed by atoms with van der Waals surface area (Å²) in [5.41, 5.74) is 5.83. The Hall–Kier alpha value is -0.120. The average Bonchev–Trinajstić information content (AvgIpc) is 2.75. The van der Waals surface area contributed by atoms with Crippen molar-refractivity contribution in [1.82, 2.24) is 0 Å². The highest BCUT2D eigenvalue weighted by atomic mass is 16.5. The molecule has 70 valence electrons. The number of nitrogens with two attached hydrogens (primary N) is 1. The normalized spacial score (nSPS) is 35.8. The van der Waals surface area contributed by atoms with E-state index in [4.69, 9.17) is 15.2 Å². The summed E-state index contributed by atoms with van der Waals surface area (Å²) in [6.07, 6.45) is 3.62. The first-order valence-corrected chi connectivity index (χ1v) is 4.73. The van der Waals surface area contributed by atoms with Crippen molar-refractivity contribution >= 4 is 0 Å². The topological polar surface area (TPSA) is 44.5 Å². The predicted octanol–water partition coefficient (Wildman–Crippen LogP) is 0.531. The van der Waals surface area contributed by atoms with Gasteiger partial charge in [-0.25, -0.2) is 0 Å². The second-order valence-electron chi connectivity index (χ2n) is 4.12. The molecule has 1 saturated carbocycles. The molecule has 2 rings (SSSR count). The molecule has 0 radical (unpaired) electrons. The van der Waals surface area contributed by atoms with Crippen molar-refractivity contribution in [1.29, 1.82) is 0 Å². The molecule has 2 fully saturated rings. The fourth-order valence-electron chi connectivity index (χ4n) is 1.45. The van der Waals surface area contributed by atoms with Gasteiger partial charge >= 0.3 is 0 Å². The van der Waals surface area contributed by atoms with Gasteiger partial charge in [-0.05, 0) is 25.2 Å². The molecular weight excluding hydrogens is 154 g/mol. The molecule has 1 unspecified atom stereocenters. The van der Waals surface area contributed by atoms with Gasteiger partial charge in [-0.15, -0.1) is 0 Å². The van der Waals surface area contributed by atoms with E-state index in [2.05, 4.69) is 0 Å². The van der Waals surface area contributed by atoms with Crippen molar-refractivity contribution in [3.8, 4) is 0 Å². The Labute approximate surface area is 73.2 Å². The van der Waals surface area contributed by atoms with Gasteiger partial charge in [0.15, 0.2) is 0 Å². The fraction of sp³-hybridized carbons (Fsp3) is 1.00.